The third kappa shape index (κ3) is 4.02. The van der Waals surface area contributed by atoms with Crippen molar-refractivity contribution < 1.29 is 13.2 Å². The number of hydrogen-bond acceptors (Lipinski definition) is 4. The minimum absolute atomic E-state index is 0.0930. The van der Waals surface area contributed by atoms with Gasteiger partial charge in [0, 0.05) is 38.4 Å². The highest BCUT2D eigenvalue weighted by molar-refractivity contribution is 7.89. The lowest BCUT2D eigenvalue weighted by Gasteiger charge is -2.33. The molecule has 5 rings (SSSR count). The molecule has 1 fully saturated rings. The maximum atomic E-state index is 13.2. The number of amides is 1. The van der Waals surface area contributed by atoms with Gasteiger partial charge in [0.15, 0.2) is 0 Å². The van der Waals surface area contributed by atoms with Gasteiger partial charge in [-0.1, -0.05) is 24.3 Å². The molecule has 3 aliphatic heterocycles. The van der Waals surface area contributed by atoms with E-state index >= 15 is 0 Å². The maximum absolute atomic E-state index is 13.2. The zero-order valence-corrected chi connectivity index (χ0v) is 18.6. The Labute approximate surface area is 184 Å². The van der Waals surface area contributed by atoms with Gasteiger partial charge in [-0.25, -0.2) is 8.42 Å². The summed E-state index contributed by atoms with van der Waals surface area (Å²) in [5.41, 5.74) is 4.51. The van der Waals surface area contributed by atoms with Gasteiger partial charge in [-0.15, -0.1) is 0 Å². The molecule has 3 aliphatic rings. The number of rotatable bonds is 4. The molecule has 6 nitrogen and oxygen atoms in total. The summed E-state index contributed by atoms with van der Waals surface area (Å²) in [6.07, 6.45) is 4.48. The molecule has 0 spiro atoms. The van der Waals surface area contributed by atoms with E-state index in [0.29, 0.717) is 31.1 Å². The van der Waals surface area contributed by atoms with E-state index in [4.69, 9.17) is 0 Å². The van der Waals surface area contributed by atoms with Crippen LogP contribution < -0.4 is 4.90 Å². The summed E-state index contributed by atoms with van der Waals surface area (Å²) in [4.78, 5) is 17.6. The molecule has 3 heterocycles. The molecule has 0 radical (unpaired) electrons. The van der Waals surface area contributed by atoms with Crippen molar-refractivity contribution in [1.82, 2.24) is 9.21 Å². The third-order valence-corrected chi connectivity index (χ3v) is 8.64. The molecular weight excluding hydrogens is 410 g/mol. The Kier molecular flexibility index (Phi) is 5.58. The van der Waals surface area contributed by atoms with Crippen LogP contribution in [0.1, 0.15) is 36.0 Å². The van der Waals surface area contributed by atoms with Crippen LogP contribution >= 0.6 is 0 Å². The van der Waals surface area contributed by atoms with E-state index in [2.05, 4.69) is 29.2 Å². The molecule has 1 amide bonds. The Hall–Kier alpha value is -2.22. The van der Waals surface area contributed by atoms with Gasteiger partial charge in [-0.3, -0.25) is 9.69 Å². The van der Waals surface area contributed by atoms with E-state index in [9.17, 15) is 13.2 Å². The fourth-order valence-corrected chi connectivity index (χ4v) is 6.60. The third-order valence-electron chi connectivity index (χ3n) is 6.74. The first-order valence-corrected chi connectivity index (χ1v) is 12.7. The summed E-state index contributed by atoms with van der Waals surface area (Å²) in [5, 5.41) is 0. The lowest BCUT2D eigenvalue weighted by molar-refractivity contribution is -0.120. The van der Waals surface area contributed by atoms with Gasteiger partial charge in [-0.2, -0.15) is 4.31 Å². The first-order chi connectivity index (χ1) is 15.0. The summed E-state index contributed by atoms with van der Waals surface area (Å²) < 4.78 is 27.5. The highest BCUT2D eigenvalue weighted by atomic mass is 32.2. The summed E-state index contributed by atoms with van der Waals surface area (Å²) in [6.45, 7) is 3.97. The zero-order valence-electron chi connectivity index (χ0n) is 17.8. The maximum Gasteiger partial charge on any atom is 0.243 e. The number of carbonyl (C=O) groups excluding carboxylic acids is 1. The smallest absolute Gasteiger partial charge is 0.243 e. The Bertz CT molecular complexity index is 1090. The van der Waals surface area contributed by atoms with Crippen LogP contribution in [0.4, 0.5) is 5.69 Å². The van der Waals surface area contributed by atoms with Crippen LogP contribution in [0, 0.1) is 0 Å². The molecule has 164 valence electrons. The number of hydrogen-bond donors (Lipinski definition) is 0. The molecule has 0 N–H and O–H groups in total. The second-order valence-corrected chi connectivity index (χ2v) is 10.7. The van der Waals surface area contributed by atoms with E-state index in [1.54, 1.807) is 16.4 Å². The van der Waals surface area contributed by atoms with E-state index in [1.165, 1.54) is 11.1 Å². The molecule has 2 aromatic carbocycles. The van der Waals surface area contributed by atoms with Gasteiger partial charge < -0.3 is 4.90 Å². The fourth-order valence-electron chi connectivity index (χ4n) is 5.04. The Morgan fingerprint density at radius 1 is 0.839 bits per heavy atom. The summed E-state index contributed by atoms with van der Waals surface area (Å²) in [7, 11) is -3.44. The SMILES string of the molecule is O=C(CN1CCc2ccccc2C1)N1CCCc2cc(S(=O)(=O)N3CCCC3)ccc21. The van der Waals surface area contributed by atoms with Gasteiger partial charge in [0.1, 0.15) is 0 Å². The van der Waals surface area contributed by atoms with Crippen LogP contribution in [0.5, 0.6) is 0 Å². The second-order valence-electron chi connectivity index (χ2n) is 8.78. The highest BCUT2D eigenvalue weighted by Gasteiger charge is 2.30. The molecule has 0 aliphatic carbocycles. The first kappa shape index (κ1) is 20.7. The van der Waals surface area contributed by atoms with Crippen LogP contribution in [0.15, 0.2) is 47.4 Å². The molecule has 0 saturated carbocycles. The number of fused-ring (bicyclic) bond motifs is 2. The molecule has 31 heavy (non-hydrogen) atoms. The normalized spacial score (nSPS) is 19.8. The minimum atomic E-state index is -3.44. The average Bonchev–Trinajstić information content (AvgIpc) is 3.34. The number of anilines is 1. The molecule has 1 saturated heterocycles. The Morgan fingerprint density at radius 2 is 1.61 bits per heavy atom. The number of benzene rings is 2. The van der Waals surface area contributed by atoms with Crippen LogP contribution in [0.25, 0.3) is 0 Å². The quantitative estimate of drug-likeness (QED) is 0.735. The number of aryl methyl sites for hydroxylation is 1. The van der Waals surface area contributed by atoms with Gasteiger partial charge in [0.2, 0.25) is 15.9 Å². The van der Waals surface area contributed by atoms with Gasteiger partial charge in [-0.05, 0) is 67.0 Å². The van der Waals surface area contributed by atoms with Crippen molar-refractivity contribution in [2.24, 2.45) is 0 Å². The lowest BCUT2D eigenvalue weighted by Crippen LogP contribution is -2.44. The first-order valence-electron chi connectivity index (χ1n) is 11.2. The molecule has 0 unspecified atom stereocenters. The molecular formula is C24H29N3O3S. The Balaban J connectivity index is 1.33. The molecule has 2 aromatic rings. The van der Waals surface area contributed by atoms with Crippen molar-refractivity contribution in [3.05, 3.63) is 59.2 Å². The molecule has 0 atom stereocenters. The Morgan fingerprint density at radius 3 is 2.42 bits per heavy atom. The predicted molar refractivity (Wildman–Crippen MR) is 121 cm³/mol. The van der Waals surface area contributed by atoms with E-state index < -0.39 is 10.0 Å². The van der Waals surface area contributed by atoms with Gasteiger partial charge in [0.05, 0.1) is 11.4 Å². The van der Waals surface area contributed by atoms with Crippen molar-refractivity contribution in [2.45, 2.75) is 43.5 Å². The summed E-state index contributed by atoms with van der Waals surface area (Å²) >= 11 is 0. The van der Waals surface area contributed by atoms with Crippen molar-refractivity contribution in [2.75, 3.05) is 37.6 Å². The fraction of sp³-hybridized carbons (Fsp3) is 0.458. The monoisotopic (exact) mass is 439 g/mol. The minimum Gasteiger partial charge on any atom is -0.311 e. The van der Waals surface area contributed by atoms with E-state index in [1.807, 2.05) is 11.0 Å². The molecule has 0 aromatic heterocycles. The standard InChI is InChI=1S/C24H29N3O3S/c28-24(18-25-15-11-19-6-1-2-7-21(19)17-25)27-14-5-8-20-16-22(9-10-23(20)27)31(29,30)26-12-3-4-13-26/h1-2,6-7,9-10,16H,3-5,8,11-15,17-18H2. The second kappa shape index (κ2) is 8.37. The molecule has 0 bridgehead atoms. The van der Waals surface area contributed by atoms with Crippen LogP contribution in [0.2, 0.25) is 0 Å². The van der Waals surface area contributed by atoms with Crippen molar-refractivity contribution >= 4 is 21.6 Å². The highest BCUT2D eigenvalue weighted by Crippen LogP contribution is 2.31. The van der Waals surface area contributed by atoms with E-state index in [-0.39, 0.29) is 5.91 Å². The summed E-state index contributed by atoms with van der Waals surface area (Å²) in [5.74, 6) is 0.0930. The number of sulfonamides is 1. The van der Waals surface area contributed by atoms with Crippen LogP contribution in [-0.2, 0) is 34.2 Å². The van der Waals surface area contributed by atoms with Gasteiger partial charge in [0.25, 0.3) is 0 Å². The zero-order chi connectivity index (χ0) is 21.4. The van der Waals surface area contributed by atoms with Crippen molar-refractivity contribution in [3.8, 4) is 0 Å². The average molecular weight is 440 g/mol. The van der Waals surface area contributed by atoms with Crippen molar-refractivity contribution in [1.29, 1.82) is 0 Å². The lowest BCUT2D eigenvalue weighted by atomic mass is 9.99. The van der Waals surface area contributed by atoms with Crippen molar-refractivity contribution in [3.63, 3.8) is 0 Å². The number of carbonyl (C=O) groups is 1. The predicted octanol–water partition coefficient (Wildman–Crippen LogP) is 2.81. The van der Waals surface area contributed by atoms with Crippen LogP contribution in [0.3, 0.4) is 0 Å². The topological polar surface area (TPSA) is 60.9 Å². The van der Waals surface area contributed by atoms with Gasteiger partial charge >= 0.3 is 0 Å². The molecule has 7 heteroatoms. The van der Waals surface area contributed by atoms with Crippen LogP contribution in [-0.4, -0.2) is 56.3 Å². The summed E-state index contributed by atoms with van der Waals surface area (Å²) in [6, 6.07) is 13.7. The number of nitrogens with zero attached hydrogens (tertiary/aromatic N) is 3. The largest absolute Gasteiger partial charge is 0.311 e. The van der Waals surface area contributed by atoms with E-state index in [0.717, 1.165) is 56.4 Å².